The fourth-order valence-electron chi connectivity index (χ4n) is 3.45. The Balaban J connectivity index is 1.41. The van der Waals surface area contributed by atoms with Crippen molar-refractivity contribution >= 4 is 5.91 Å². The average Bonchev–Trinajstić information content (AvgIpc) is 3.27. The molecule has 0 bridgehead atoms. The van der Waals surface area contributed by atoms with Crippen LogP contribution in [0.25, 0.3) is 0 Å². The summed E-state index contributed by atoms with van der Waals surface area (Å²) in [6.45, 7) is 5.66. The van der Waals surface area contributed by atoms with E-state index in [2.05, 4.69) is 25.3 Å². The van der Waals surface area contributed by atoms with Crippen molar-refractivity contribution in [2.24, 2.45) is 5.92 Å². The Morgan fingerprint density at radius 2 is 2.36 bits per heavy atom. The lowest BCUT2D eigenvalue weighted by Crippen LogP contribution is -2.40. The molecule has 25 heavy (non-hydrogen) atoms. The van der Waals surface area contributed by atoms with E-state index < -0.39 is 0 Å². The second-order valence-corrected chi connectivity index (χ2v) is 6.75. The fourth-order valence-corrected chi connectivity index (χ4v) is 3.45. The molecule has 134 valence electrons. The molecule has 0 saturated carbocycles. The SMILES string of the molecule is Cc1cc(C[C@@H]2COC[C@@H]2NC(=O)c2cn3c(n2)CCNCC3)on1. The average molecular weight is 345 g/mol. The van der Waals surface area contributed by atoms with Crippen molar-refractivity contribution in [3.63, 3.8) is 0 Å². The normalized spacial score (nSPS) is 23.2. The quantitative estimate of drug-likeness (QED) is 0.828. The molecular weight excluding hydrogens is 322 g/mol. The summed E-state index contributed by atoms with van der Waals surface area (Å²) in [6, 6.07) is 1.89. The lowest BCUT2D eigenvalue weighted by Gasteiger charge is -2.17. The van der Waals surface area contributed by atoms with Gasteiger partial charge in [0.25, 0.3) is 5.91 Å². The monoisotopic (exact) mass is 345 g/mol. The van der Waals surface area contributed by atoms with Gasteiger partial charge in [0.05, 0.1) is 24.9 Å². The number of carbonyl (C=O) groups is 1. The van der Waals surface area contributed by atoms with Crippen LogP contribution in [0.5, 0.6) is 0 Å². The van der Waals surface area contributed by atoms with Crippen LogP contribution in [0.4, 0.5) is 0 Å². The van der Waals surface area contributed by atoms with Gasteiger partial charge < -0.3 is 24.5 Å². The van der Waals surface area contributed by atoms with E-state index in [0.29, 0.717) is 25.3 Å². The third kappa shape index (κ3) is 3.59. The molecule has 0 spiro atoms. The van der Waals surface area contributed by atoms with Crippen molar-refractivity contribution in [2.45, 2.75) is 32.4 Å². The van der Waals surface area contributed by atoms with Gasteiger partial charge in [-0.15, -0.1) is 0 Å². The number of nitrogens with zero attached hydrogens (tertiary/aromatic N) is 3. The zero-order valence-electron chi connectivity index (χ0n) is 14.3. The van der Waals surface area contributed by atoms with E-state index in [4.69, 9.17) is 9.26 Å². The van der Waals surface area contributed by atoms with E-state index in [0.717, 1.165) is 43.3 Å². The number of nitrogens with one attached hydrogen (secondary N) is 2. The van der Waals surface area contributed by atoms with Gasteiger partial charge in [0.1, 0.15) is 17.3 Å². The first-order valence-electron chi connectivity index (χ1n) is 8.76. The third-order valence-electron chi connectivity index (χ3n) is 4.80. The van der Waals surface area contributed by atoms with Crippen LogP contribution >= 0.6 is 0 Å². The van der Waals surface area contributed by atoms with Gasteiger partial charge in [0.15, 0.2) is 0 Å². The number of aromatic nitrogens is 3. The maximum absolute atomic E-state index is 12.6. The van der Waals surface area contributed by atoms with Gasteiger partial charge in [-0.05, 0) is 6.92 Å². The van der Waals surface area contributed by atoms with Gasteiger partial charge >= 0.3 is 0 Å². The highest BCUT2D eigenvalue weighted by atomic mass is 16.5. The number of imidazole rings is 1. The summed E-state index contributed by atoms with van der Waals surface area (Å²) < 4.78 is 12.9. The number of amides is 1. The maximum atomic E-state index is 12.6. The summed E-state index contributed by atoms with van der Waals surface area (Å²) >= 11 is 0. The number of rotatable bonds is 4. The van der Waals surface area contributed by atoms with Gasteiger partial charge in [0, 0.05) is 50.7 Å². The molecule has 2 aliphatic heterocycles. The molecular formula is C17H23N5O3. The second kappa shape index (κ2) is 6.97. The minimum absolute atomic E-state index is 0.0407. The molecule has 8 nitrogen and oxygen atoms in total. The Bertz CT molecular complexity index is 730. The smallest absolute Gasteiger partial charge is 0.271 e. The van der Waals surface area contributed by atoms with Crippen LogP contribution in [-0.2, 0) is 24.1 Å². The molecule has 4 rings (SSSR count). The molecule has 4 heterocycles. The van der Waals surface area contributed by atoms with E-state index in [1.165, 1.54) is 0 Å². The van der Waals surface area contributed by atoms with Crippen LogP contribution in [0.1, 0.15) is 27.8 Å². The third-order valence-corrected chi connectivity index (χ3v) is 4.80. The molecule has 0 unspecified atom stereocenters. The van der Waals surface area contributed by atoms with Gasteiger partial charge in [-0.25, -0.2) is 4.98 Å². The Kier molecular flexibility index (Phi) is 4.54. The van der Waals surface area contributed by atoms with Crippen molar-refractivity contribution in [3.05, 3.63) is 35.2 Å². The zero-order chi connectivity index (χ0) is 17.2. The summed E-state index contributed by atoms with van der Waals surface area (Å²) in [5.41, 5.74) is 1.35. The molecule has 1 saturated heterocycles. The summed E-state index contributed by atoms with van der Waals surface area (Å²) in [7, 11) is 0. The van der Waals surface area contributed by atoms with Gasteiger partial charge in [-0.3, -0.25) is 4.79 Å². The van der Waals surface area contributed by atoms with Gasteiger partial charge in [0.2, 0.25) is 0 Å². The zero-order valence-corrected chi connectivity index (χ0v) is 14.3. The van der Waals surface area contributed by atoms with Crippen molar-refractivity contribution in [3.8, 4) is 0 Å². The predicted molar refractivity (Wildman–Crippen MR) is 89.3 cm³/mol. The molecule has 2 N–H and O–H groups in total. The molecule has 0 radical (unpaired) electrons. The van der Waals surface area contributed by atoms with Crippen molar-refractivity contribution in [1.29, 1.82) is 0 Å². The Morgan fingerprint density at radius 1 is 1.44 bits per heavy atom. The summed E-state index contributed by atoms with van der Waals surface area (Å²) in [5.74, 6) is 1.84. The Morgan fingerprint density at radius 3 is 3.20 bits per heavy atom. The number of carbonyl (C=O) groups excluding carboxylic acids is 1. The minimum Gasteiger partial charge on any atom is -0.379 e. The summed E-state index contributed by atoms with van der Waals surface area (Å²) in [5, 5.41) is 10.3. The van der Waals surface area contributed by atoms with E-state index in [1.54, 1.807) is 0 Å². The van der Waals surface area contributed by atoms with E-state index in [9.17, 15) is 4.79 Å². The first kappa shape index (κ1) is 16.3. The highest BCUT2D eigenvalue weighted by molar-refractivity contribution is 5.92. The van der Waals surface area contributed by atoms with Crippen molar-refractivity contribution in [2.75, 3.05) is 26.3 Å². The summed E-state index contributed by atoms with van der Waals surface area (Å²) in [6.07, 6.45) is 3.40. The molecule has 2 aliphatic rings. The van der Waals surface area contributed by atoms with Crippen molar-refractivity contribution in [1.82, 2.24) is 25.3 Å². The van der Waals surface area contributed by atoms with Crippen LogP contribution < -0.4 is 10.6 Å². The first-order chi connectivity index (χ1) is 12.2. The van der Waals surface area contributed by atoms with E-state index in [1.807, 2.05) is 19.2 Å². The maximum Gasteiger partial charge on any atom is 0.271 e. The Labute approximate surface area is 145 Å². The molecule has 1 fully saturated rings. The highest BCUT2D eigenvalue weighted by Gasteiger charge is 2.31. The van der Waals surface area contributed by atoms with Gasteiger partial charge in [-0.2, -0.15) is 0 Å². The standard InChI is InChI=1S/C17H23N5O3/c1-11-6-13(25-21-11)7-12-9-24-10-15(12)20-17(23)14-8-22-5-4-18-3-2-16(22)19-14/h6,8,12,15,18H,2-5,7,9-10H2,1H3,(H,20,23)/t12-,15+/m1/s1. The largest absolute Gasteiger partial charge is 0.379 e. The van der Waals surface area contributed by atoms with Crippen LogP contribution in [0.3, 0.4) is 0 Å². The van der Waals surface area contributed by atoms with E-state index >= 15 is 0 Å². The number of aryl methyl sites for hydroxylation is 1. The summed E-state index contributed by atoms with van der Waals surface area (Å²) in [4.78, 5) is 17.1. The molecule has 2 aromatic rings. The van der Waals surface area contributed by atoms with Crippen LogP contribution in [-0.4, -0.2) is 53.0 Å². The molecule has 1 amide bonds. The van der Waals surface area contributed by atoms with Crippen LogP contribution in [0.2, 0.25) is 0 Å². The van der Waals surface area contributed by atoms with Gasteiger partial charge in [-0.1, -0.05) is 5.16 Å². The lowest BCUT2D eigenvalue weighted by atomic mass is 9.98. The number of hydrogen-bond acceptors (Lipinski definition) is 6. The lowest BCUT2D eigenvalue weighted by molar-refractivity contribution is 0.0919. The Hall–Kier alpha value is -2.19. The number of hydrogen-bond donors (Lipinski definition) is 2. The molecule has 0 aliphatic carbocycles. The fraction of sp³-hybridized carbons (Fsp3) is 0.588. The topological polar surface area (TPSA) is 94.2 Å². The second-order valence-electron chi connectivity index (χ2n) is 6.75. The number of fused-ring (bicyclic) bond motifs is 1. The van der Waals surface area contributed by atoms with Crippen LogP contribution in [0.15, 0.2) is 16.8 Å². The van der Waals surface area contributed by atoms with Crippen molar-refractivity contribution < 1.29 is 14.1 Å². The minimum atomic E-state index is -0.136. The number of ether oxygens (including phenoxy) is 1. The highest BCUT2D eigenvalue weighted by Crippen LogP contribution is 2.20. The molecule has 2 atom stereocenters. The predicted octanol–water partition coefficient (Wildman–Crippen LogP) is 0.313. The molecule has 2 aromatic heterocycles. The van der Waals surface area contributed by atoms with Crippen LogP contribution in [0, 0.1) is 12.8 Å². The molecule has 8 heteroatoms. The molecule has 0 aromatic carbocycles. The van der Waals surface area contributed by atoms with E-state index in [-0.39, 0.29) is 17.9 Å². The first-order valence-corrected chi connectivity index (χ1v) is 8.76.